The number of rotatable bonds is 4. The van der Waals surface area contributed by atoms with Crippen LogP contribution in [0.2, 0.25) is 0 Å². The molecule has 0 saturated carbocycles. The number of amides is 1. The van der Waals surface area contributed by atoms with Gasteiger partial charge in [-0.3, -0.25) is 4.65 Å². The van der Waals surface area contributed by atoms with Crippen LogP contribution >= 0.6 is 11.3 Å². The average Bonchev–Trinajstić information content (AvgIpc) is 2.96. The molecule has 0 aliphatic carbocycles. The van der Waals surface area contributed by atoms with E-state index in [1.54, 1.807) is 6.92 Å². The van der Waals surface area contributed by atoms with Crippen LogP contribution in [-0.4, -0.2) is 54.2 Å². The van der Waals surface area contributed by atoms with Crippen molar-refractivity contribution in [3.63, 3.8) is 0 Å². The Balaban J connectivity index is 2.19. The lowest BCUT2D eigenvalue weighted by molar-refractivity contribution is 0.0463. The summed E-state index contributed by atoms with van der Waals surface area (Å²) in [6.07, 6.45) is -0.661. The molecule has 0 bridgehead atoms. The highest BCUT2D eigenvalue weighted by Crippen LogP contribution is 2.33. The number of nitrogens with zero attached hydrogens (tertiary/aromatic N) is 4. The second kappa shape index (κ2) is 6.00. The molecule has 20 heavy (non-hydrogen) atoms. The molecule has 9 heteroatoms. The first-order valence-electron chi connectivity index (χ1n) is 6.54. The fourth-order valence-corrected chi connectivity index (χ4v) is 2.91. The van der Waals surface area contributed by atoms with E-state index in [-0.39, 0.29) is 6.67 Å². The number of carbonyl (C=O) groups is 1. The lowest BCUT2D eigenvalue weighted by Gasteiger charge is -2.38. The summed E-state index contributed by atoms with van der Waals surface area (Å²) in [6.45, 7) is 4.78. The summed E-state index contributed by atoms with van der Waals surface area (Å²) in [6, 6.07) is 0. The number of aryl methyl sites for hydroxylation is 1. The van der Waals surface area contributed by atoms with Gasteiger partial charge in [-0.1, -0.05) is 12.0 Å². The second-order valence-electron chi connectivity index (χ2n) is 4.70. The topological polar surface area (TPSA) is 90.4 Å². The molecule has 8 nitrogen and oxygen atoms in total. The zero-order valence-electron chi connectivity index (χ0n) is 11.8. The molecule has 1 fully saturated rings. The first-order valence-corrected chi connectivity index (χ1v) is 7.36. The molecule has 0 radical (unpaired) electrons. The molecule has 1 aliphatic heterocycles. The van der Waals surface area contributed by atoms with E-state index in [0.29, 0.717) is 18.2 Å². The molecule has 2 unspecified atom stereocenters. The number of likely N-dealkylation sites (N-methyl/N-ethyl adjacent to an activating group) is 1. The first kappa shape index (κ1) is 15.1. The van der Waals surface area contributed by atoms with Gasteiger partial charge in [0, 0.05) is 6.54 Å². The normalized spacial score (nSPS) is 26.7. The van der Waals surface area contributed by atoms with Crippen LogP contribution in [0.4, 0.5) is 9.93 Å². The Morgan fingerprint density at radius 2 is 2.35 bits per heavy atom. The van der Waals surface area contributed by atoms with Crippen LogP contribution in [-0.2, 0) is 11.2 Å². The highest BCUT2D eigenvalue weighted by atomic mass is 32.1. The van der Waals surface area contributed by atoms with Crippen LogP contribution < -0.4 is 9.96 Å². The number of hydrogen-bond donors (Lipinski definition) is 1. The quantitative estimate of drug-likeness (QED) is 0.656. The molecule has 1 aromatic rings. The van der Waals surface area contributed by atoms with Crippen LogP contribution in [0.1, 0.15) is 18.9 Å². The molecule has 2 rings (SSSR count). The van der Waals surface area contributed by atoms with Gasteiger partial charge in [-0.05, 0) is 31.7 Å². The summed E-state index contributed by atoms with van der Waals surface area (Å²) in [5, 5.41) is 24.6. The average molecular weight is 301 g/mol. The van der Waals surface area contributed by atoms with E-state index >= 15 is 0 Å². The Bertz CT molecular complexity index is 482. The first-order chi connectivity index (χ1) is 9.49. The van der Waals surface area contributed by atoms with E-state index in [0.717, 1.165) is 11.4 Å². The predicted octanol–water partition coefficient (Wildman–Crippen LogP) is 0.881. The third kappa shape index (κ3) is 2.90. The number of ether oxygens (including phenoxy) is 1. The smallest absolute Gasteiger partial charge is 0.411 e. The van der Waals surface area contributed by atoms with E-state index in [2.05, 4.69) is 15.5 Å². The van der Waals surface area contributed by atoms with Crippen molar-refractivity contribution in [2.45, 2.75) is 26.5 Å². The number of hydrogen-bond acceptors (Lipinski definition) is 7. The minimum absolute atomic E-state index is 0.197. The Morgan fingerprint density at radius 3 is 2.95 bits per heavy atom. The number of carbonyl (C=O) groups excluding carboxylic acids is 1. The maximum absolute atomic E-state index is 13.0. The van der Waals surface area contributed by atoms with Gasteiger partial charge in [-0.25, -0.2) is 9.69 Å². The van der Waals surface area contributed by atoms with Crippen molar-refractivity contribution in [2.75, 3.05) is 26.8 Å². The predicted molar refractivity (Wildman–Crippen MR) is 75.9 cm³/mol. The molecule has 1 aliphatic rings. The van der Waals surface area contributed by atoms with Crippen molar-refractivity contribution in [1.82, 2.24) is 25.1 Å². The number of alkyl carbamates (subject to hydrolysis) is 1. The maximum Gasteiger partial charge on any atom is 0.411 e. The fourth-order valence-electron chi connectivity index (χ4n) is 2.06. The Kier molecular flexibility index (Phi) is 4.53. The van der Waals surface area contributed by atoms with Crippen LogP contribution in [0.25, 0.3) is 0 Å². The number of quaternary nitrogens is 1. The Hall–Kier alpha value is -1.29. The standard InChI is InChI=1S/C11H19N5O3S/c1-4-8-13-14-10(20-8)16(18)7-15(3)6-9(16)19-11(17)12-5-2/h9H,4-7H2,1-3H3,(H,12,17). The highest BCUT2D eigenvalue weighted by Gasteiger charge is 2.45. The summed E-state index contributed by atoms with van der Waals surface area (Å²) in [7, 11) is 1.81. The molecule has 1 amide bonds. The molecule has 1 aromatic heterocycles. The summed E-state index contributed by atoms with van der Waals surface area (Å²) in [5.74, 6) is 0. The van der Waals surface area contributed by atoms with Crippen molar-refractivity contribution < 1.29 is 9.53 Å². The molecule has 1 N–H and O–H groups in total. The van der Waals surface area contributed by atoms with Gasteiger partial charge < -0.3 is 15.3 Å². The SMILES string of the molecule is CCNC(=O)OC1CN(C)C[N+]1([O-])c1nnc(CC)s1. The van der Waals surface area contributed by atoms with E-state index in [4.69, 9.17) is 4.74 Å². The number of hydroxylamine groups is 2. The molecular weight excluding hydrogens is 282 g/mol. The highest BCUT2D eigenvalue weighted by molar-refractivity contribution is 7.15. The molecule has 1 saturated heterocycles. The third-order valence-electron chi connectivity index (χ3n) is 3.03. The van der Waals surface area contributed by atoms with Crippen LogP contribution in [0.3, 0.4) is 0 Å². The third-order valence-corrected chi connectivity index (χ3v) is 4.21. The van der Waals surface area contributed by atoms with Crippen molar-refractivity contribution in [3.05, 3.63) is 10.2 Å². The van der Waals surface area contributed by atoms with Gasteiger partial charge in [-0.2, -0.15) is 0 Å². The minimum atomic E-state index is -0.816. The van der Waals surface area contributed by atoms with Crippen LogP contribution in [0.5, 0.6) is 0 Å². The van der Waals surface area contributed by atoms with Gasteiger partial charge >= 0.3 is 11.2 Å². The largest absolute Gasteiger partial charge is 0.622 e. The molecule has 0 aromatic carbocycles. The Morgan fingerprint density at radius 1 is 1.60 bits per heavy atom. The van der Waals surface area contributed by atoms with Crippen LogP contribution in [0, 0.1) is 5.21 Å². The van der Waals surface area contributed by atoms with Gasteiger partial charge in [0.1, 0.15) is 11.7 Å². The van der Waals surface area contributed by atoms with Gasteiger partial charge in [0.25, 0.3) is 6.23 Å². The zero-order valence-corrected chi connectivity index (χ0v) is 12.6. The summed E-state index contributed by atoms with van der Waals surface area (Å²) >= 11 is 1.27. The summed E-state index contributed by atoms with van der Waals surface area (Å²) in [4.78, 5) is 13.4. The van der Waals surface area contributed by atoms with Crippen LogP contribution in [0.15, 0.2) is 0 Å². The zero-order chi connectivity index (χ0) is 14.8. The molecule has 2 atom stereocenters. The maximum atomic E-state index is 13.0. The van der Waals surface area contributed by atoms with Crippen molar-refractivity contribution >= 4 is 22.6 Å². The van der Waals surface area contributed by atoms with Gasteiger partial charge in [0.05, 0.1) is 6.54 Å². The monoisotopic (exact) mass is 301 g/mol. The fraction of sp³-hybridized carbons (Fsp3) is 0.727. The minimum Gasteiger partial charge on any atom is -0.622 e. The summed E-state index contributed by atoms with van der Waals surface area (Å²) in [5.41, 5.74) is 0. The van der Waals surface area contributed by atoms with E-state index in [1.165, 1.54) is 11.3 Å². The van der Waals surface area contributed by atoms with E-state index in [9.17, 15) is 10.0 Å². The van der Waals surface area contributed by atoms with Crippen molar-refractivity contribution in [1.29, 1.82) is 0 Å². The summed E-state index contributed by atoms with van der Waals surface area (Å²) < 4.78 is 4.46. The van der Waals surface area contributed by atoms with Gasteiger partial charge in [-0.15, -0.1) is 5.10 Å². The lowest BCUT2D eigenvalue weighted by atomic mass is 10.5. The Labute approximate surface area is 121 Å². The van der Waals surface area contributed by atoms with E-state index in [1.807, 2.05) is 18.9 Å². The molecular formula is C11H19N5O3S. The lowest BCUT2D eigenvalue weighted by Crippen LogP contribution is -2.51. The van der Waals surface area contributed by atoms with Crippen molar-refractivity contribution in [2.24, 2.45) is 0 Å². The molecule has 112 valence electrons. The van der Waals surface area contributed by atoms with Gasteiger partial charge in [0.15, 0.2) is 0 Å². The number of nitrogens with one attached hydrogen (secondary N) is 1. The van der Waals surface area contributed by atoms with E-state index < -0.39 is 17.0 Å². The van der Waals surface area contributed by atoms with Gasteiger partial charge in [0.2, 0.25) is 0 Å². The second-order valence-corrected chi connectivity index (χ2v) is 5.74. The molecule has 0 spiro atoms. The number of aromatic nitrogens is 2. The van der Waals surface area contributed by atoms with Crippen molar-refractivity contribution in [3.8, 4) is 0 Å². The molecule has 2 heterocycles.